The zero-order chi connectivity index (χ0) is 16.7. The quantitative estimate of drug-likeness (QED) is 0.647. The van der Waals surface area contributed by atoms with Gasteiger partial charge in [0.15, 0.2) is 0 Å². The number of ether oxygens (including phenoxy) is 2. The van der Waals surface area contributed by atoms with Crippen molar-refractivity contribution in [3.05, 3.63) is 64.2 Å². The van der Waals surface area contributed by atoms with Crippen molar-refractivity contribution in [2.45, 2.75) is 13.5 Å². The van der Waals surface area contributed by atoms with Crippen LogP contribution in [0.4, 0.5) is 16.2 Å². The number of nitrogens with zero attached hydrogens (tertiary/aromatic N) is 1. The summed E-state index contributed by atoms with van der Waals surface area (Å²) in [6, 6.07) is 13.3. The number of carbonyl (C=O) groups is 1. The molecule has 0 saturated heterocycles. The summed E-state index contributed by atoms with van der Waals surface area (Å²) in [5.74, 6) is 0.205. The predicted octanol–water partition coefficient (Wildman–Crippen LogP) is 3.74. The lowest BCUT2D eigenvalue weighted by Crippen LogP contribution is -2.14. The van der Waals surface area contributed by atoms with Crippen molar-refractivity contribution < 1.29 is 19.2 Å². The number of hydrogen-bond donors (Lipinski definition) is 1. The van der Waals surface area contributed by atoms with Crippen LogP contribution in [0.5, 0.6) is 5.75 Å². The fourth-order valence-corrected chi connectivity index (χ4v) is 1.86. The molecule has 0 bridgehead atoms. The van der Waals surface area contributed by atoms with E-state index >= 15 is 0 Å². The minimum absolute atomic E-state index is 0.123. The Morgan fingerprint density at radius 2 is 1.96 bits per heavy atom. The van der Waals surface area contributed by atoms with Crippen molar-refractivity contribution in [1.82, 2.24) is 0 Å². The largest absolute Gasteiger partial charge is 0.486 e. The number of non-ortho nitro benzene ring substituents is 1. The zero-order valence-corrected chi connectivity index (χ0v) is 12.5. The third kappa shape index (κ3) is 4.70. The van der Waals surface area contributed by atoms with Gasteiger partial charge in [-0.2, -0.15) is 0 Å². The zero-order valence-electron chi connectivity index (χ0n) is 12.5. The van der Waals surface area contributed by atoms with Crippen LogP contribution >= 0.6 is 0 Å². The van der Waals surface area contributed by atoms with Gasteiger partial charge in [-0.05, 0) is 18.6 Å². The first kappa shape index (κ1) is 16.3. The molecule has 0 saturated carbocycles. The molecule has 0 aliphatic rings. The van der Waals surface area contributed by atoms with E-state index in [9.17, 15) is 14.9 Å². The number of amides is 1. The van der Waals surface area contributed by atoms with E-state index in [1.54, 1.807) is 6.92 Å². The standard InChI is InChI=1S/C16H16N2O5/c1-2-22-16(19)17-14-9-8-13(18(20)21)10-15(14)23-11-12-6-4-3-5-7-12/h3-10H,2,11H2,1H3,(H,17,19). The van der Waals surface area contributed by atoms with Crippen LogP contribution in [0.1, 0.15) is 12.5 Å². The Hall–Kier alpha value is -3.09. The molecule has 0 aliphatic heterocycles. The van der Waals surface area contributed by atoms with Crippen LogP contribution in [0.3, 0.4) is 0 Å². The molecule has 0 radical (unpaired) electrons. The van der Waals surface area contributed by atoms with E-state index < -0.39 is 11.0 Å². The highest BCUT2D eigenvalue weighted by Crippen LogP contribution is 2.30. The van der Waals surface area contributed by atoms with Gasteiger partial charge in [-0.15, -0.1) is 0 Å². The topological polar surface area (TPSA) is 90.7 Å². The van der Waals surface area contributed by atoms with E-state index in [1.165, 1.54) is 18.2 Å². The molecular formula is C16H16N2O5. The number of nitro groups is 1. The summed E-state index contributed by atoms with van der Waals surface area (Å²) >= 11 is 0. The highest BCUT2D eigenvalue weighted by molar-refractivity contribution is 5.87. The summed E-state index contributed by atoms with van der Waals surface area (Å²) in [7, 11) is 0. The molecule has 0 heterocycles. The van der Waals surface area contributed by atoms with Crippen LogP contribution < -0.4 is 10.1 Å². The average molecular weight is 316 g/mol. The van der Waals surface area contributed by atoms with Gasteiger partial charge in [0.2, 0.25) is 0 Å². The van der Waals surface area contributed by atoms with Gasteiger partial charge in [-0.1, -0.05) is 30.3 Å². The molecule has 0 unspecified atom stereocenters. The summed E-state index contributed by atoms with van der Waals surface area (Å²) in [4.78, 5) is 21.9. The third-order valence-corrected chi connectivity index (χ3v) is 2.93. The normalized spacial score (nSPS) is 9.96. The lowest BCUT2D eigenvalue weighted by molar-refractivity contribution is -0.384. The molecule has 0 atom stereocenters. The number of nitro benzene ring substituents is 1. The van der Waals surface area contributed by atoms with E-state index in [2.05, 4.69) is 5.32 Å². The van der Waals surface area contributed by atoms with E-state index in [-0.39, 0.29) is 24.7 Å². The second kappa shape index (κ2) is 7.79. The van der Waals surface area contributed by atoms with Crippen LogP contribution in [0.2, 0.25) is 0 Å². The Balaban J connectivity index is 2.20. The van der Waals surface area contributed by atoms with Crippen molar-refractivity contribution in [2.75, 3.05) is 11.9 Å². The highest BCUT2D eigenvalue weighted by atomic mass is 16.6. The van der Waals surface area contributed by atoms with Gasteiger partial charge in [0, 0.05) is 6.07 Å². The second-order valence-electron chi connectivity index (χ2n) is 4.56. The minimum atomic E-state index is -0.647. The van der Waals surface area contributed by atoms with Crippen molar-refractivity contribution in [3.8, 4) is 5.75 Å². The Bertz CT molecular complexity index is 688. The van der Waals surface area contributed by atoms with Gasteiger partial charge in [-0.25, -0.2) is 4.79 Å². The van der Waals surface area contributed by atoms with Crippen molar-refractivity contribution in [2.24, 2.45) is 0 Å². The minimum Gasteiger partial charge on any atom is -0.486 e. The second-order valence-corrected chi connectivity index (χ2v) is 4.56. The van der Waals surface area contributed by atoms with Crippen LogP contribution in [-0.2, 0) is 11.3 Å². The van der Waals surface area contributed by atoms with Crippen molar-refractivity contribution >= 4 is 17.5 Å². The smallest absolute Gasteiger partial charge is 0.411 e. The van der Waals surface area contributed by atoms with E-state index in [0.29, 0.717) is 5.69 Å². The van der Waals surface area contributed by atoms with Crippen molar-refractivity contribution in [1.29, 1.82) is 0 Å². The molecule has 2 aromatic rings. The molecule has 0 aliphatic carbocycles. The molecule has 1 N–H and O–H groups in total. The Kier molecular flexibility index (Phi) is 5.51. The SMILES string of the molecule is CCOC(=O)Nc1ccc([N+](=O)[O-])cc1OCc1ccccc1. The Morgan fingerprint density at radius 1 is 1.22 bits per heavy atom. The van der Waals surface area contributed by atoms with Gasteiger partial charge in [0.1, 0.15) is 12.4 Å². The van der Waals surface area contributed by atoms with Crippen LogP contribution in [0.25, 0.3) is 0 Å². The van der Waals surface area contributed by atoms with Gasteiger partial charge in [-0.3, -0.25) is 15.4 Å². The summed E-state index contributed by atoms with van der Waals surface area (Å²) in [5, 5.41) is 13.4. The molecule has 23 heavy (non-hydrogen) atoms. The van der Waals surface area contributed by atoms with Gasteiger partial charge >= 0.3 is 6.09 Å². The number of benzene rings is 2. The monoisotopic (exact) mass is 316 g/mol. The molecular weight excluding hydrogens is 300 g/mol. The summed E-state index contributed by atoms with van der Waals surface area (Å²) in [6.45, 7) is 2.13. The number of nitrogens with one attached hydrogen (secondary N) is 1. The van der Waals surface area contributed by atoms with E-state index in [4.69, 9.17) is 9.47 Å². The van der Waals surface area contributed by atoms with Crippen molar-refractivity contribution in [3.63, 3.8) is 0 Å². The number of anilines is 1. The first-order chi connectivity index (χ1) is 11.1. The maximum atomic E-state index is 11.5. The fourth-order valence-electron chi connectivity index (χ4n) is 1.86. The number of hydrogen-bond acceptors (Lipinski definition) is 5. The highest BCUT2D eigenvalue weighted by Gasteiger charge is 2.14. The predicted molar refractivity (Wildman–Crippen MR) is 84.5 cm³/mol. The maximum absolute atomic E-state index is 11.5. The molecule has 1 amide bonds. The molecule has 7 heteroatoms. The van der Waals surface area contributed by atoms with E-state index in [0.717, 1.165) is 5.56 Å². The third-order valence-electron chi connectivity index (χ3n) is 2.93. The summed E-state index contributed by atoms with van der Waals surface area (Å²) < 4.78 is 10.4. The van der Waals surface area contributed by atoms with Crippen LogP contribution in [-0.4, -0.2) is 17.6 Å². The molecule has 0 spiro atoms. The first-order valence-electron chi connectivity index (χ1n) is 6.99. The molecule has 2 aromatic carbocycles. The fraction of sp³-hybridized carbons (Fsp3) is 0.188. The molecule has 2 rings (SSSR count). The van der Waals surface area contributed by atoms with Gasteiger partial charge < -0.3 is 9.47 Å². The van der Waals surface area contributed by atoms with Crippen LogP contribution in [0, 0.1) is 10.1 Å². The molecule has 0 aromatic heterocycles. The van der Waals surface area contributed by atoms with E-state index in [1.807, 2.05) is 30.3 Å². The average Bonchev–Trinajstić information content (AvgIpc) is 2.55. The molecule has 7 nitrogen and oxygen atoms in total. The summed E-state index contributed by atoms with van der Waals surface area (Å²) in [5.41, 5.74) is 1.09. The lowest BCUT2D eigenvalue weighted by Gasteiger charge is -2.12. The summed E-state index contributed by atoms with van der Waals surface area (Å²) in [6.07, 6.45) is -0.647. The molecule has 120 valence electrons. The Morgan fingerprint density at radius 3 is 2.61 bits per heavy atom. The molecule has 0 fully saturated rings. The van der Waals surface area contributed by atoms with Crippen LogP contribution in [0.15, 0.2) is 48.5 Å². The number of rotatable bonds is 6. The Labute approximate surface area is 133 Å². The maximum Gasteiger partial charge on any atom is 0.411 e. The number of carbonyl (C=O) groups excluding carboxylic acids is 1. The first-order valence-corrected chi connectivity index (χ1v) is 6.99. The van der Waals surface area contributed by atoms with Gasteiger partial charge in [0.05, 0.1) is 23.3 Å². The van der Waals surface area contributed by atoms with Gasteiger partial charge in [0.25, 0.3) is 5.69 Å². The lowest BCUT2D eigenvalue weighted by atomic mass is 10.2.